The average Bonchev–Trinajstić information content (AvgIpc) is 3.15. The number of alkyl carbamates (subject to hydrolysis) is 1. The van der Waals surface area contributed by atoms with Crippen LogP contribution in [-0.4, -0.2) is 49.4 Å². The first-order valence-electron chi connectivity index (χ1n) is 9.09. The highest BCUT2D eigenvalue weighted by molar-refractivity contribution is 5.67. The number of nitrogens with one attached hydrogen (secondary N) is 1. The molecule has 26 heavy (non-hydrogen) atoms. The smallest absolute Gasteiger partial charge is 0.407 e. The number of amides is 1. The van der Waals surface area contributed by atoms with Crippen LogP contribution in [0.4, 0.5) is 9.18 Å². The molecule has 1 aromatic carbocycles. The van der Waals surface area contributed by atoms with Gasteiger partial charge in [-0.3, -0.25) is 4.90 Å². The zero-order valence-electron chi connectivity index (χ0n) is 14.7. The maximum Gasteiger partial charge on any atom is 0.407 e. The third-order valence-corrected chi connectivity index (χ3v) is 4.97. The van der Waals surface area contributed by atoms with Crippen LogP contribution in [0, 0.1) is 17.1 Å². The molecule has 0 radical (unpaired) electrons. The molecule has 6 nitrogen and oxygen atoms in total. The van der Waals surface area contributed by atoms with E-state index in [-0.39, 0.29) is 12.1 Å². The summed E-state index contributed by atoms with van der Waals surface area (Å²) >= 11 is 0. The lowest BCUT2D eigenvalue weighted by atomic mass is 10.0. The molecule has 3 rings (SSSR count). The molecule has 0 saturated carbocycles. The van der Waals surface area contributed by atoms with Crippen LogP contribution in [0.2, 0.25) is 0 Å². The zero-order valence-corrected chi connectivity index (χ0v) is 14.7. The van der Waals surface area contributed by atoms with Crippen LogP contribution < -0.4 is 5.32 Å². The molecule has 0 aromatic heterocycles. The number of halogens is 1. The van der Waals surface area contributed by atoms with E-state index in [1.54, 1.807) is 6.07 Å². The Bertz CT molecular complexity index is 670. The van der Waals surface area contributed by atoms with E-state index in [0.717, 1.165) is 37.8 Å². The van der Waals surface area contributed by atoms with Crippen molar-refractivity contribution in [3.8, 4) is 6.07 Å². The van der Waals surface area contributed by atoms with Crippen LogP contribution in [0.15, 0.2) is 18.2 Å². The molecule has 0 spiro atoms. The van der Waals surface area contributed by atoms with Crippen LogP contribution in [0.1, 0.15) is 36.8 Å². The molecule has 1 amide bonds. The molecular formula is C19H24FN3O3. The second kappa shape index (κ2) is 8.97. The van der Waals surface area contributed by atoms with Gasteiger partial charge in [0.05, 0.1) is 24.3 Å². The van der Waals surface area contributed by atoms with Gasteiger partial charge < -0.3 is 14.8 Å². The van der Waals surface area contributed by atoms with Gasteiger partial charge in [-0.1, -0.05) is 12.5 Å². The van der Waals surface area contributed by atoms with Gasteiger partial charge in [0.1, 0.15) is 12.4 Å². The van der Waals surface area contributed by atoms with Crippen LogP contribution >= 0.6 is 0 Å². The maximum atomic E-state index is 13.3. The van der Waals surface area contributed by atoms with Crippen molar-refractivity contribution in [1.82, 2.24) is 10.2 Å². The van der Waals surface area contributed by atoms with E-state index in [0.29, 0.717) is 31.9 Å². The Hall–Kier alpha value is -2.17. The Kier molecular flexibility index (Phi) is 6.42. The quantitative estimate of drug-likeness (QED) is 0.872. The fourth-order valence-corrected chi connectivity index (χ4v) is 3.49. The number of rotatable bonds is 5. The Morgan fingerprint density at radius 3 is 3.08 bits per heavy atom. The summed E-state index contributed by atoms with van der Waals surface area (Å²) in [7, 11) is 0. The molecule has 2 heterocycles. The van der Waals surface area contributed by atoms with E-state index in [2.05, 4.69) is 16.3 Å². The van der Waals surface area contributed by atoms with Gasteiger partial charge in [-0.05, 0) is 43.5 Å². The van der Waals surface area contributed by atoms with Gasteiger partial charge in [0.2, 0.25) is 0 Å². The highest BCUT2D eigenvalue weighted by atomic mass is 19.1. The second-order valence-corrected chi connectivity index (χ2v) is 6.84. The molecule has 0 bridgehead atoms. The molecule has 7 heteroatoms. The Morgan fingerprint density at radius 2 is 2.31 bits per heavy atom. The highest BCUT2D eigenvalue weighted by Crippen LogP contribution is 2.22. The first-order valence-corrected chi connectivity index (χ1v) is 9.09. The van der Waals surface area contributed by atoms with E-state index in [1.807, 2.05) is 0 Å². The summed E-state index contributed by atoms with van der Waals surface area (Å²) in [6.07, 6.45) is 3.47. The van der Waals surface area contributed by atoms with Gasteiger partial charge in [0, 0.05) is 19.2 Å². The summed E-state index contributed by atoms with van der Waals surface area (Å²) in [5.41, 5.74) is 1.16. The van der Waals surface area contributed by atoms with Crippen molar-refractivity contribution in [2.75, 3.05) is 26.4 Å². The SMILES string of the molecule is N#Cc1cc(F)ccc1CN1CCCCC1COC(=O)NC1CCOC1. The molecule has 2 unspecified atom stereocenters. The number of piperidine rings is 1. The lowest BCUT2D eigenvalue weighted by Crippen LogP contribution is -2.44. The molecule has 1 N–H and O–H groups in total. The normalized spacial score (nSPS) is 23.4. The van der Waals surface area contributed by atoms with Crippen molar-refractivity contribution < 1.29 is 18.7 Å². The van der Waals surface area contributed by atoms with E-state index in [1.165, 1.54) is 12.1 Å². The molecule has 2 fully saturated rings. The maximum absolute atomic E-state index is 13.3. The molecule has 2 aliphatic rings. The van der Waals surface area contributed by atoms with Crippen molar-refractivity contribution in [3.63, 3.8) is 0 Å². The van der Waals surface area contributed by atoms with Gasteiger partial charge >= 0.3 is 6.09 Å². The predicted octanol–water partition coefficient (Wildman–Crippen LogP) is 2.57. The topological polar surface area (TPSA) is 74.6 Å². The third kappa shape index (κ3) is 4.93. The van der Waals surface area contributed by atoms with Crippen molar-refractivity contribution in [3.05, 3.63) is 35.1 Å². The van der Waals surface area contributed by atoms with Gasteiger partial charge in [0.25, 0.3) is 0 Å². The van der Waals surface area contributed by atoms with Crippen LogP contribution in [0.25, 0.3) is 0 Å². The van der Waals surface area contributed by atoms with E-state index < -0.39 is 11.9 Å². The summed E-state index contributed by atoms with van der Waals surface area (Å²) in [6, 6.07) is 6.49. The van der Waals surface area contributed by atoms with Crippen molar-refractivity contribution in [1.29, 1.82) is 5.26 Å². The number of nitrogens with zero attached hydrogens (tertiary/aromatic N) is 2. The minimum Gasteiger partial charge on any atom is -0.448 e. The predicted molar refractivity (Wildman–Crippen MR) is 92.9 cm³/mol. The monoisotopic (exact) mass is 361 g/mol. The number of hydrogen-bond acceptors (Lipinski definition) is 5. The fraction of sp³-hybridized carbons (Fsp3) is 0.579. The highest BCUT2D eigenvalue weighted by Gasteiger charge is 2.25. The molecule has 2 saturated heterocycles. The Balaban J connectivity index is 1.56. The molecule has 2 atom stereocenters. The Labute approximate surface area is 152 Å². The molecule has 140 valence electrons. The van der Waals surface area contributed by atoms with Crippen LogP contribution in [0.3, 0.4) is 0 Å². The molecular weight excluding hydrogens is 337 g/mol. The number of hydrogen-bond donors (Lipinski definition) is 1. The summed E-state index contributed by atoms with van der Waals surface area (Å²) in [6.45, 7) is 2.93. The largest absolute Gasteiger partial charge is 0.448 e. The van der Waals surface area contributed by atoms with E-state index in [9.17, 15) is 14.4 Å². The number of ether oxygens (including phenoxy) is 2. The zero-order chi connectivity index (χ0) is 18.4. The van der Waals surface area contributed by atoms with Crippen LogP contribution in [0.5, 0.6) is 0 Å². The van der Waals surface area contributed by atoms with Crippen molar-refractivity contribution in [2.24, 2.45) is 0 Å². The van der Waals surface area contributed by atoms with E-state index in [4.69, 9.17) is 9.47 Å². The van der Waals surface area contributed by atoms with E-state index >= 15 is 0 Å². The summed E-state index contributed by atoms with van der Waals surface area (Å²) in [4.78, 5) is 14.2. The minimum atomic E-state index is -0.412. The number of benzene rings is 1. The van der Waals surface area contributed by atoms with Gasteiger partial charge in [-0.15, -0.1) is 0 Å². The minimum absolute atomic E-state index is 0.0300. The van der Waals surface area contributed by atoms with Crippen molar-refractivity contribution >= 4 is 6.09 Å². The number of carbonyl (C=O) groups is 1. The summed E-state index contributed by atoms with van der Waals surface area (Å²) in [5.74, 6) is -0.406. The molecule has 1 aromatic rings. The lowest BCUT2D eigenvalue weighted by molar-refractivity contribution is 0.0623. The van der Waals surface area contributed by atoms with Gasteiger partial charge in [0.15, 0.2) is 0 Å². The fourth-order valence-electron chi connectivity index (χ4n) is 3.49. The number of nitriles is 1. The first kappa shape index (κ1) is 18.6. The first-order chi connectivity index (χ1) is 12.7. The lowest BCUT2D eigenvalue weighted by Gasteiger charge is -2.35. The molecule has 0 aliphatic carbocycles. The summed E-state index contributed by atoms with van der Waals surface area (Å²) in [5, 5.41) is 12.0. The molecule has 2 aliphatic heterocycles. The van der Waals surface area contributed by atoms with Gasteiger partial charge in [-0.25, -0.2) is 9.18 Å². The van der Waals surface area contributed by atoms with Crippen LogP contribution in [-0.2, 0) is 16.0 Å². The third-order valence-electron chi connectivity index (χ3n) is 4.97. The number of likely N-dealkylation sites (tertiary alicyclic amines) is 1. The van der Waals surface area contributed by atoms with Gasteiger partial charge in [-0.2, -0.15) is 5.26 Å². The second-order valence-electron chi connectivity index (χ2n) is 6.84. The average molecular weight is 361 g/mol. The summed E-state index contributed by atoms with van der Waals surface area (Å²) < 4.78 is 24.0. The number of carbonyl (C=O) groups excluding carboxylic acids is 1. The Morgan fingerprint density at radius 1 is 1.42 bits per heavy atom. The standard InChI is InChI=1S/C19H24FN3O3/c20-16-5-4-14(15(9-16)10-21)11-23-7-2-1-3-18(23)13-26-19(24)22-17-6-8-25-12-17/h4-5,9,17-18H,1-3,6-8,11-13H2,(H,22,24). The van der Waals surface area contributed by atoms with Crippen molar-refractivity contribution in [2.45, 2.75) is 44.3 Å².